The summed E-state index contributed by atoms with van der Waals surface area (Å²) in [5.41, 5.74) is 1.15. The first kappa shape index (κ1) is 13.6. The van der Waals surface area contributed by atoms with Gasteiger partial charge in [0.1, 0.15) is 0 Å². The third-order valence-electron chi connectivity index (χ3n) is 3.71. The molecule has 1 aromatic heterocycles. The minimum Gasteiger partial charge on any atom is -0.296 e. The smallest absolute Gasteiger partial charge is 0.195 e. The Morgan fingerprint density at radius 2 is 1.80 bits per heavy atom. The van der Waals surface area contributed by atoms with E-state index in [1.807, 2.05) is 12.3 Å². The Morgan fingerprint density at radius 3 is 2.50 bits per heavy atom. The van der Waals surface area contributed by atoms with Crippen molar-refractivity contribution in [1.29, 1.82) is 0 Å². The van der Waals surface area contributed by atoms with Gasteiger partial charge in [-0.05, 0) is 44.3 Å². The van der Waals surface area contributed by atoms with Gasteiger partial charge in [-0.2, -0.15) is 0 Å². The number of aromatic nitrogens is 3. The SMILES string of the molecule is CSc1nnc(CN2CCCCC2)n1-c1ccccc1. The van der Waals surface area contributed by atoms with Gasteiger partial charge in [0.2, 0.25) is 0 Å². The van der Waals surface area contributed by atoms with Gasteiger partial charge in [-0.3, -0.25) is 9.47 Å². The van der Waals surface area contributed by atoms with Crippen LogP contribution in [0.4, 0.5) is 0 Å². The van der Waals surface area contributed by atoms with Crippen molar-refractivity contribution in [3.63, 3.8) is 0 Å². The van der Waals surface area contributed by atoms with Crippen molar-refractivity contribution in [2.24, 2.45) is 0 Å². The zero-order chi connectivity index (χ0) is 13.8. The van der Waals surface area contributed by atoms with Crippen LogP contribution in [0, 0.1) is 0 Å². The van der Waals surface area contributed by atoms with E-state index in [9.17, 15) is 0 Å². The van der Waals surface area contributed by atoms with Gasteiger partial charge in [-0.15, -0.1) is 10.2 Å². The predicted octanol–water partition coefficient (Wildman–Crippen LogP) is 2.98. The third-order valence-corrected chi connectivity index (χ3v) is 4.34. The van der Waals surface area contributed by atoms with E-state index < -0.39 is 0 Å². The third kappa shape index (κ3) is 2.88. The van der Waals surface area contributed by atoms with E-state index in [1.54, 1.807) is 11.8 Å². The van der Waals surface area contributed by atoms with Crippen molar-refractivity contribution in [2.75, 3.05) is 19.3 Å². The first-order valence-electron chi connectivity index (χ1n) is 7.14. The van der Waals surface area contributed by atoms with E-state index in [0.29, 0.717) is 0 Å². The highest BCUT2D eigenvalue weighted by Gasteiger charge is 2.17. The average molecular weight is 288 g/mol. The van der Waals surface area contributed by atoms with Gasteiger partial charge in [0.25, 0.3) is 0 Å². The number of thioether (sulfide) groups is 1. The monoisotopic (exact) mass is 288 g/mol. The van der Waals surface area contributed by atoms with Crippen LogP contribution >= 0.6 is 11.8 Å². The minimum absolute atomic E-state index is 0.891. The van der Waals surface area contributed by atoms with E-state index >= 15 is 0 Å². The standard InChI is InChI=1S/C15H20N4S/c1-20-15-17-16-14(12-18-10-6-3-7-11-18)19(15)13-8-4-2-5-9-13/h2,4-5,8-9H,3,6-7,10-12H2,1H3. The van der Waals surface area contributed by atoms with E-state index in [1.165, 1.54) is 32.4 Å². The maximum atomic E-state index is 4.41. The summed E-state index contributed by atoms with van der Waals surface area (Å²) >= 11 is 1.64. The van der Waals surface area contributed by atoms with Gasteiger partial charge in [0, 0.05) is 5.69 Å². The van der Waals surface area contributed by atoms with Gasteiger partial charge >= 0.3 is 0 Å². The lowest BCUT2D eigenvalue weighted by Crippen LogP contribution is -2.30. The normalized spacial score (nSPS) is 16.4. The molecule has 0 bridgehead atoms. The van der Waals surface area contributed by atoms with Crippen LogP contribution < -0.4 is 0 Å². The van der Waals surface area contributed by atoms with Crippen molar-refractivity contribution in [3.8, 4) is 5.69 Å². The molecule has 5 heteroatoms. The fraction of sp³-hybridized carbons (Fsp3) is 0.467. The van der Waals surface area contributed by atoms with Crippen molar-refractivity contribution in [2.45, 2.75) is 31.0 Å². The highest BCUT2D eigenvalue weighted by Crippen LogP contribution is 2.21. The molecule has 0 unspecified atom stereocenters. The number of nitrogens with zero attached hydrogens (tertiary/aromatic N) is 4. The molecule has 0 aliphatic carbocycles. The summed E-state index contributed by atoms with van der Waals surface area (Å²) in [5, 5.41) is 9.69. The first-order valence-corrected chi connectivity index (χ1v) is 8.37. The number of para-hydroxylation sites is 1. The Kier molecular flexibility index (Phi) is 4.38. The van der Waals surface area contributed by atoms with Gasteiger partial charge in [0.15, 0.2) is 11.0 Å². The summed E-state index contributed by atoms with van der Waals surface area (Å²) < 4.78 is 2.18. The highest BCUT2D eigenvalue weighted by atomic mass is 32.2. The maximum Gasteiger partial charge on any atom is 0.195 e. The Balaban J connectivity index is 1.89. The molecule has 2 aromatic rings. The molecule has 20 heavy (non-hydrogen) atoms. The molecule has 2 heterocycles. The van der Waals surface area contributed by atoms with Crippen molar-refractivity contribution in [1.82, 2.24) is 19.7 Å². The summed E-state index contributed by atoms with van der Waals surface area (Å²) in [6, 6.07) is 10.4. The van der Waals surface area contributed by atoms with Crippen molar-refractivity contribution >= 4 is 11.8 Å². The Labute approximate surface area is 124 Å². The van der Waals surface area contributed by atoms with E-state index in [-0.39, 0.29) is 0 Å². The highest BCUT2D eigenvalue weighted by molar-refractivity contribution is 7.98. The summed E-state index contributed by atoms with van der Waals surface area (Å²) in [6.45, 7) is 3.24. The molecule has 0 spiro atoms. The molecule has 3 rings (SSSR count). The molecule has 0 radical (unpaired) electrons. The molecule has 1 fully saturated rings. The van der Waals surface area contributed by atoms with Crippen LogP contribution in [0.5, 0.6) is 0 Å². The number of piperidine rings is 1. The molecule has 1 saturated heterocycles. The van der Waals surface area contributed by atoms with Crippen LogP contribution in [0.25, 0.3) is 5.69 Å². The second-order valence-corrected chi connectivity index (χ2v) is 5.88. The van der Waals surface area contributed by atoms with E-state index in [0.717, 1.165) is 23.2 Å². The Hall–Kier alpha value is -1.33. The van der Waals surface area contributed by atoms with Crippen LogP contribution in [-0.4, -0.2) is 39.0 Å². The lowest BCUT2D eigenvalue weighted by molar-refractivity contribution is 0.214. The molecule has 0 atom stereocenters. The van der Waals surface area contributed by atoms with Crippen LogP contribution in [0.1, 0.15) is 25.1 Å². The lowest BCUT2D eigenvalue weighted by Gasteiger charge is -2.26. The summed E-state index contributed by atoms with van der Waals surface area (Å²) in [7, 11) is 0. The fourth-order valence-electron chi connectivity index (χ4n) is 2.69. The topological polar surface area (TPSA) is 34.0 Å². The molecule has 1 aliphatic rings. The van der Waals surface area contributed by atoms with Gasteiger partial charge < -0.3 is 0 Å². The second-order valence-electron chi connectivity index (χ2n) is 5.11. The van der Waals surface area contributed by atoms with Gasteiger partial charge in [0.05, 0.1) is 6.54 Å². The largest absolute Gasteiger partial charge is 0.296 e. The number of rotatable bonds is 4. The number of hydrogen-bond acceptors (Lipinski definition) is 4. The first-order chi connectivity index (χ1) is 9.88. The van der Waals surface area contributed by atoms with E-state index in [2.05, 4.69) is 43.9 Å². The molecule has 1 aliphatic heterocycles. The summed E-state index contributed by atoms with van der Waals surface area (Å²) in [5.74, 6) is 1.04. The molecule has 0 saturated carbocycles. The van der Waals surface area contributed by atoms with Crippen LogP contribution in [0.3, 0.4) is 0 Å². The molecular formula is C15H20N4S. The predicted molar refractivity (Wildman–Crippen MR) is 82.3 cm³/mol. The minimum atomic E-state index is 0.891. The molecule has 106 valence electrons. The molecule has 0 N–H and O–H groups in total. The number of benzene rings is 1. The lowest BCUT2D eigenvalue weighted by atomic mass is 10.1. The van der Waals surface area contributed by atoms with E-state index in [4.69, 9.17) is 0 Å². The Bertz CT molecular complexity index is 546. The van der Waals surface area contributed by atoms with Crippen molar-refractivity contribution in [3.05, 3.63) is 36.2 Å². The zero-order valence-electron chi connectivity index (χ0n) is 11.8. The Morgan fingerprint density at radius 1 is 1.05 bits per heavy atom. The molecule has 0 amide bonds. The quantitative estimate of drug-likeness (QED) is 0.810. The number of likely N-dealkylation sites (tertiary alicyclic amines) is 1. The zero-order valence-corrected chi connectivity index (χ0v) is 12.6. The summed E-state index contributed by atoms with van der Waals surface area (Å²) in [6.07, 6.45) is 6.01. The van der Waals surface area contributed by atoms with Crippen LogP contribution in [0.15, 0.2) is 35.5 Å². The van der Waals surface area contributed by atoms with Gasteiger partial charge in [-0.1, -0.05) is 36.4 Å². The fourth-order valence-corrected chi connectivity index (χ4v) is 3.20. The van der Waals surface area contributed by atoms with Crippen LogP contribution in [0.2, 0.25) is 0 Å². The molecule has 1 aromatic carbocycles. The number of hydrogen-bond donors (Lipinski definition) is 0. The maximum absolute atomic E-state index is 4.41. The van der Waals surface area contributed by atoms with Crippen LogP contribution in [-0.2, 0) is 6.54 Å². The molecule has 4 nitrogen and oxygen atoms in total. The average Bonchev–Trinajstić information content (AvgIpc) is 2.92. The second kappa shape index (κ2) is 6.41. The molecular weight excluding hydrogens is 268 g/mol. The summed E-state index contributed by atoms with van der Waals surface area (Å²) in [4.78, 5) is 2.48. The van der Waals surface area contributed by atoms with Gasteiger partial charge in [-0.25, -0.2) is 0 Å². The van der Waals surface area contributed by atoms with Crippen molar-refractivity contribution < 1.29 is 0 Å².